The van der Waals surface area contributed by atoms with E-state index in [1.165, 1.54) is 22.1 Å². The van der Waals surface area contributed by atoms with Crippen LogP contribution in [-0.4, -0.2) is 57.7 Å². The van der Waals surface area contributed by atoms with Gasteiger partial charge in [0.2, 0.25) is 11.8 Å². The summed E-state index contributed by atoms with van der Waals surface area (Å²) in [6.45, 7) is 0. The molecule has 10 heteroatoms. The molecule has 32 heavy (non-hydrogen) atoms. The van der Waals surface area contributed by atoms with Gasteiger partial charge in [-0.15, -0.1) is 0 Å². The number of aromatic nitrogens is 1. The Morgan fingerprint density at radius 1 is 1.06 bits per heavy atom. The smallest absolute Gasteiger partial charge is 0.281 e. The number of carbonyl (C=O) groups is 2. The van der Waals surface area contributed by atoms with Crippen molar-refractivity contribution in [3.8, 4) is 0 Å². The molecule has 1 aromatic heterocycles. The first kappa shape index (κ1) is 21.9. The average molecular weight is 503 g/mol. The van der Waals surface area contributed by atoms with E-state index in [-0.39, 0.29) is 34.8 Å². The lowest BCUT2D eigenvalue weighted by Gasteiger charge is -2.42. The van der Waals surface area contributed by atoms with Crippen molar-refractivity contribution in [2.75, 3.05) is 14.1 Å². The van der Waals surface area contributed by atoms with Crippen LogP contribution in [0.5, 0.6) is 0 Å². The number of rotatable bonds is 5. The topological polar surface area (TPSA) is 99.5 Å². The number of amides is 2. The Morgan fingerprint density at radius 2 is 1.66 bits per heavy atom. The number of piperazine rings is 1. The summed E-state index contributed by atoms with van der Waals surface area (Å²) in [7, 11) is 3.16. The minimum Gasteiger partial charge on any atom is -0.361 e. The standard InChI is InChI=1S/C22H20BrFN4O4/c1-26-18(7-12-5-3-4-6-15(12)23)21(29)27(2)19(22(26)30)8-13-11-25-16-9-14(24)10-17(20(13)16)28(31)32/h3-6,9-11,18-19,25H,7-8H2,1-2H3. The highest BCUT2D eigenvalue weighted by molar-refractivity contribution is 9.10. The van der Waals surface area contributed by atoms with Crippen molar-refractivity contribution < 1.29 is 18.9 Å². The summed E-state index contributed by atoms with van der Waals surface area (Å²) in [5.41, 5.74) is 1.27. The van der Waals surface area contributed by atoms with E-state index in [4.69, 9.17) is 0 Å². The highest BCUT2D eigenvalue weighted by Gasteiger charge is 2.43. The number of aromatic amines is 1. The van der Waals surface area contributed by atoms with Gasteiger partial charge in [0.1, 0.15) is 17.9 Å². The maximum atomic E-state index is 13.8. The number of likely N-dealkylation sites (N-methyl/N-ethyl adjacent to an activating group) is 2. The van der Waals surface area contributed by atoms with Gasteiger partial charge >= 0.3 is 0 Å². The first-order chi connectivity index (χ1) is 15.2. The van der Waals surface area contributed by atoms with Gasteiger partial charge in [0, 0.05) is 37.6 Å². The number of non-ortho nitro benzene ring substituents is 1. The lowest BCUT2D eigenvalue weighted by Crippen LogP contribution is -2.63. The van der Waals surface area contributed by atoms with Crippen molar-refractivity contribution >= 4 is 44.3 Å². The van der Waals surface area contributed by atoms with Gasteiger partial charge < -0.3 is 14.8 Å². The number of carbonyl (C=O) groups excluding carboxylic acids is 2. The number of nitro benzene ring substituents is 1. The molecule has 0 saturated carbocycles. The number of H-pyrrole nitrogens is 1. The predicted molar refractivity (Wildman–Crippen MR) is 120 cm³/mol. The van der Waals surface area contributed by atoms with Gasteiger partial charge in [-0.25, -0.2) is 4.39 Å². The molecule has 0 aliphatic carbocycles. The summed E-state index contributed by atoms with van der Waals surface area (Å²) >= 11 is 3.48. The minimum absolute atomic E-state index is 0.0691. The molecule has 0 bridgehead atoms. The number of fused-ring (bicyclic) bond motifs is 1. The average Bonchev–Trinajstić information content (AvgIpc) is 3.15. The maximum absolute atomic E-state index is 13.8. The summed E-state index contributed by atoms with van der Waals surface area (Å²) in [5.74, 6) is -1.20. The van der Waals surface area contributed by atoms with Crippen molar-refractivity contribution in [1.82, 2.24) is 14.8 Å². The van der Waals surface area contributed by atoms with E-state index >= 15 is 0 Å². The molecule has 1 N–H and O–H groups in total. The summed E-state index contributed by atoms with van der Waals surface area (Å²) in [5, 5.41) is 11.7. The van der Waals surface area contributed by atoms with Gasteiger partial charge in [-0.2, -0.15) is 0 Å². The number of nitro groups is 1. The third-order valence-corrected chi connectivity index (χ3v) is 6.76. The van der Waals surface area contributed by atoms with Crippen LogP contribution in [0.15, 0.2) is 47.1 Å². The number of nitrogens with zero attached hydrogens (tertiary/aromatic N) is 3. The number of nitrogens with one attached hydrogen (secondary N) is 1. The molecular formula is C22H20BrFN4O4. The zero-order valence-electron chi connectivity index (χ0n) is 17.3. The molecule has 0 spiro atoms. The van der Waals surface area contributed by atoms with Crippen LogP contribution in [0.4, 0.5) is 10.1 Å². The van der Waals surface area contributed by atoms with Gasteiger partial charge in [-0.3, -0.25) is 19.7 Å². The van der Waals surface area contributed by atoms with Crippen LogP contribution in [0.2, 0.25) is 0 Å². The quantitative estimate of drug-likeness (QED) is 0.426. The zero-order valence-corrected chi connectivity index (χ0v) is 18.9. The monoisotopic (exact) mass is 502 g/mol. The van der Waals surface area contributed by atoms with Gasteiger partial charge in [0.25, 0.3) is 5.69 Å². The number of hydrogen-bond donors (Lipinski definition) is 1. The van der Waals surface area contributed by atoms with Gasteiger partial charge in [-0.05, 0) is 23.3 Å². The summed E-state index contributed by atoms with van der Waals surface area (Å²) in [6.07, 6.45) is 1.95. The molecule has 2 atom stereocenters. The maximum Gasteiger partial charge on any atom is 0.281 e. The van der Waals surface area contributed by atoms with Crippen LogP contribution < -0.4 is 0 Å². The molecule has 2 amide bonds. The third kappa shape index (κ3) is 3.75. The Hall–Kier alpha value is -3.27. The van der Waals surface area contributed by atoms with Crippen molar-refractivity contribution in [2.45, 2.75) is 24.9 Å². The first-order valence-corrected chi connectivity index (χ1v) is 10.7. The first-order valence-electron chi connectivity index (χ1n) is 9.89. The molecular weight excluding hydrogens is 483 g/mol. The van der Waals surface area contributed by atoms with Crippen LogP contribution in [0.1, 0.15) is 11.1 Å². The third-order valence-electron chi connectivity index (χ3n) is 5.99. The predicted octanol–water partition coefficient (Wildman–Crippen LogP) is 3.43. The fourth-order valence-corrected chi connectivity index (χ4v) is 4.67. The van der Waals surface area contributed by atoms with Crippen LogP contribution in [0, 0.1) is 15.9 Å². The van der Waals surface area contributed by atoms with E-state index < -0.39 is 22.8 Å². The molecule has 3 aromatic rings. The molecule has 8 nitrogen and oxygen atoms in total. The highest BCUT2D eigenvalue weighted by atomic mass is 79.9. The normalized spacial score (nSPS) is 19.1. The second-order valence-electron chi connectivity index (χ2n) is 7.85. The summed E-state index contributed by atoms with van der Waals surface area (Å²) in [4.78, 5) is 42.9. The van der Waals surface area contributed by atoms with Crippen molar-refractivity contribution in [1.29, 1.82) is 0 Å². The fourth-order valence-electron chi connectivity index (χ4n) is 4.22. The minimum atomic E-state index is -0.827. The Bertz CT molecular complexity index is 1240. The molecule has 2 unspecified atom stereocenters. The molecule has 166 valence electrons. The van der Waals surface area contributed by atoms with E-state index in [0.717, 1.165) is 16.1 Å². The molecule has 4 rings (SSSR count). The van der Waals surface area contributed by atoms with Crippen molar-refractivity contribution in [3.05, 3.63) is 74.1 Å². The van der Waals surface area contributed by atoms with Crippen LogP contribution >= 0.6 is 15.9 Å². The Balaban J connectivity index is 1.64. The van der Waals surface area contributed by atoms with E-state index in [1.807, 2.05) is 24.3 Å². The van der Waals surface area contributed by atoms with Gasteiger partial charge in [0.05, 0.1) is 21.9 Å². The highest BCUT2D eigenvalue weighted by Crippen LogP contribution is 2.32. The Labute approximate surface area is 191 Å². The Morgan fingerprint density at radius 3 is 2.25 bits per heavy atom. The van der Waals surface area contributed by atoms with Crippen LogP contribution in [0.25, 0.3) is 10.9 Å². The van der Waals surface area contributed by atoms with E-state index in [9.17, 15) is 24.1 Å². The largest absolute Gasteiger partial charge is 0.361 e. The molecule has 2 aromatic carbocycles. The van der Waals surface area contributed by atoms with Crippen LogP contribution in [-0.2, 0) is 22.4 Å². The van der Waals surface area contributed by atoms with Gasteiger partial charge in [-0.1, -0.05) is 34.1 Å². The lowest BCUT2D eigenvalue weighted by molar-refractivity contribution is -0.383. The summed E-state index contributed by atoms with van der Waals surface area (Å²) in [6, 6.07) is 8.06. The zero-order chi connectivity index (χ0) is 23.2. The summed E-state index contributed by atoms with van der Waals surface area (Å²) < 4.78 is 14.6. The number of halogens is 2. The fraction of sp³-hybridized carbons (Fsp3) is 0.273. The van der Waals surface area contributed by atoms with Crippen molar-refractivity contribution in [2.24, 2.45) is 0 Å². The van der Waals surface area contributed by atoms with Gasteiger partial charge in [0.15, 0.2) is 0 Å². The molecule has 2 heterocycles. The lowest BCUT2D eigenvalue weighted by atomic mass is 9.95. The second kappa shape index (κ2) is 8.34. The second-order valence-corrected chi connectivity index (χ2v) is 8.70. The van der Waals surface area contributed by atoms with E-state index in [2.05, 4.69) is 20.9 Å². The SMILES string of the molecule is CN1C(=O)C(Cc2c[nH]c3cc(F)cc([N+](=O)[O-])c23)N(C)C(=O)C1Cc1ccccc1Br. The number of hydrogen-bond acceptors (Lipinski definition) is 4. The molecule has 1 aliphatic rings. The molecule has 1 aliphatic heterocycles. The molecule has 1 fully saturated rings. The molecule has 1 saturated heterocycles. The Kier molecular flexibility index (Phi) is 5.72. The van der Waals surface area contributed by atoms with E-state index in [1.54, 1.807) is 14.1 Å². The number of benzene rings is 2. The van der Waals surface area contributed by atoms with Crippen LogP contribution in [0.3, 0.4) is 0 Å². The van der Waals surface area contributed by atoms with Crippen molar-refractivity contribution in [3.63, 3.8) is 0 Å². The van der Waals surface area contributed by atoms with E-state index in [0.29, 0.717) is 12.0 Å². The molecule has 0 radical (unpaired) electrons.